The first-order chi connectivity index (χ1) is 9.26. The molecular formula is C13H22ClN3O3. The van der Waals surface area contributed by atoms with Crippen LogP contribution in [0.4, 0.5) is 0 Å². The van der Waals surface area contributed by atoms with Gasteiger partial charge in [-0.05, 0) is 19.3 Å². The molecule has 1 unspecified atom stereocenters. The van der Waals surface area contributed by atoms with Crippen molar-refractivity contribution in [2.45, 2.75) is 44.2 Å². The number of aromatic nitrogens is 2. The molecule has 0 aromatic carbocycles. The van der Waals surface area contributed by atoms with Gasteiger partial charge < -0.3 is 19.7 Å². The van der Waals surface area contributed by atoms with Gasteiger partial charge in [-0.25, -0.2) is 0 Å². The Morgan fingerprint density at radius 1 is 1.35 bits per heavy atom. The Morgan fingerprint density at radius 2 is 2.15 bits per heavy atom. The van der Waals surface area contributed by atoms with E-state index in [0.717, 1.165) is 45.3 Å². The van der Waals surface area contributed by atoms with Gasteiger partial charge in [0.2, 0.25) is 0 Å². The molecule has 3 rings (SSSR count). The Labute approximate surface area is 124 Å². The third-order valence-corrected chi connectivity index (χ3v) is 4.01. The van der Waals surface area contributed by atoms with Crippen LogP contribution in [0.25, 0.3) is 0 Å². The normalized spacial score (nSPS) is 24.8. The summed E-state index contributed by atoms with van der Waals surface area (Å²) in [4.78, 5) is 4.37. The fourth-order valence-corrected chi connectivity index (χ4v) is 2.77. The molecule has 0 bridgehead atoms. The average Bonchev–Trinajstić information content (AvgIpc) is 3.10. The number of nitrogens with two attached hydrogens (primary N) is 1. The van der Waals surface area contributed by atoms with Crippen molar-refractivity contribution in [3.63, 3.8) is 0 Å². The Kier molecular flexibility index (Phi) is 5.37. The van der Waals surface area contributed by atoms with E-state index in [-0.39, 0.29) is 17.9 Å². The maximum atomic E-state index is 6.28. The van der Waals surface area contributed by atoms with Crippen LogP contribution in [0.3, 0.4) is 0 Å². The van der Waals surface area contributed by atoms with Crippen LogP contribution in [0.1, 0.15) is 43.8 Å². The van der Waals surface area contributed by atoms with Crippen molar-refractivity contribution in [2.24, 2.45) is 11.7 Å². The van der Waals surface area contributed by atoms with E-state index in [0.29, 0.717) is 30.8 Å². The molecular weight excluding hydrogens is 282 g/mol. The lowest BCUT2D eigenvalue weighted by atomic mass is 9.99. The monoisotopic (exact) mass is 303 g/mol. The highest BCUT2D eigenvalue weighted by Gasteiger charge is 2.35. The molecule has 114 valence electrons. The van der Waals surface area contributed by atoms with Gasteiger partial charge in [0, 0.05) is 12.5 Å². The summed E-state index contributed by atoms with van der Waals surface area (Å²) in [7, 11) is 0. The molecule has 1 aromatic heterocycles. The van der Waals surface area contributed by atoms with Gasteiger partial charge in [-0.3, -0.25) is 0 Å². The van der Waals surface area contributed by atoms with E-state index >= 15 is 0 Å². The van der Waals surface area contributed by atoms with Crippen LogP contribution in [0.2, 0.25) is 0 Å². The lowest BCUT2D eigenvalue weighted by Gasteiger charge is -2.17. The maximum absolute atomic E-state index is 6.28. The Hall–Kier alpha value is -0.690. The number of hydrogen-bond donors (Lipinski definition) is 1. The molecule has 1 aliphatic heterocycles. The molecule has 0 amide bonds. The molecule has 7 heteroatoms. The zero-order valence-corrected chi connectivity index (χ0v) is 12.4. The van der Waals surface area contributed by atoms with Crippen molar-refractivity contribution in [2.75, 3.05) is 19.8 Å². The Morgan fingerprint density at radius 3 is 2.85 bits per heavy atom. The fraction of sp³-hybridized carbons (Fsp3) is 0.846. The van der Waals surface area contributed by atoms with Gasteiger partial charge in [-0.1, -0.05) is 18.0 Å². The van der Waals surface area contributed by atoms with Crippen LogP contribution < -0.4 is 5.73 Å². The topological polar surface area (TPSA) is 83.4 Å². The van der Waals surface area contributed by atoms with Crippen molar-refractivity contribution >= 4 is 12.4 Å². The highest BCUT2D eigenvalue weighted by atomic mass is 35.5. The average molecular weight is 304 g/mol. The van der Waals surface area contributed by atoms with Gasteiger partial charge in [0.25, 0.3) is 5.89 Å². The van der Waals surface area contributed by atoms with E-state index < -0.39 is 0 Å². The molecule has 0 radical (unpaired) electrons. The van der Waals surface area contributed by atoms with E-state index in [1.807, 2.05) is 0 Å². The van der Waals surface area contributed by atoms with E-state index in [4.69, 9.17) is 19.7 Å². The lowest BCUT2D eigenvalue weighted by molar-refractivity contribution is 0.0634. The first-order valence-electron chi connectivity index (χ1n) is 7.04. The zero-order chi connectivity index (χ0) is 13.1. The second kappa shape index (κ2) is 6.85. The first kappa shape index (κ1) is 15.7. The summed E-state index contributed by atoms with van der Waals surface area (Å²) in [6.07, 6.45) is 5.22. The van der Waals surface area contributed by atoms with Crippen molar-refractivity contribution in [3.8, 4) is 0 Å². The summed E-state index contributed by atoms with van der Waals surface area (Å²) >= 11 is 0. The third-order valence-electron chi connectivity index (χ3n) is 4.01. The minimum absolute atomic E-state index is 0. The van der Waals surface area contributed by atoms with Crippen LogP contribution in [0.5, 0.6) is 0 Å². The smallest absolute Gasteiger partial charge is 0.252 e. The molecule has 1 saturated carbocycles. The first-order valence-corrected chi connectivity index (χ1v) is 7.04. The van der Waals surface area contributed by atoms with Crippen molar-refractivity contribution < 1.29 is 14.0 Å². The van der Waals surface area contributed by atoms with E-state index in [2.05, 4.69) is 10.1 Å². The summed E-state index contributed by atoms with van der Waals surface area (Å²) in [6, 6.07) is 0. The summed E-state index contributed by atoms with van der Waals surface area (Å²) in [5.41, 5.74) is 5.89. The number of halogens is 1. The maximum Gasteiger partial charge on any atom is 0.252 e. The van der Waals surface area contributed by atoms with Crippen LogP contribution in [0, 0.1) is 5.92 Å². The highest BCUT2D eigenvalue weighted by Crippen LogP contribution is 2.34. The molecule has 2 heterocycles. The summed E-state index contributed by atoms with van der Waals surface area (Å²) < 4.78 is 16.1. The van der Waals surface area contributed by atoms with Gasteiger partial charge in [-0.15, -0.1) is 12.4 Å². The Balaban J connectivity index is 0.00000147. The number of hydrogen-bond acceptors (Lipinski definition) is 6. The Bertz CT molecular complexity index is 415. The van der Waals surface area contributed by atoms with Crippen LogP contribution in [0.15, 0.2) is 4.52 Å². The third kappa shape index (κ3) is 3.49. The SMILES string of the molecule is Cl.NC1(c2noc(COCC3CCOC3)n2)CCCC1. The molecule has 2 N–H and O–H groups in total. The summed E-state index contributed by atoms with van der Waals surface area (Å²) in [6.45, 7) is 2.68. The predicted octanol–water partition coefficient (Wildman–Crippen LogP) is 1.77. The molecule has 1 saturated heterocycles. The minimum Gasteiger partial charge on any atom is -0.381 e. The van der Waals surface area contributed by atoms with Crippen molar-refractivity contribution in [1.82, 2.24) is 10.1 Å². The predicted molar refractivity (Wildman–Crippen MR) is 74.5 cm³/mol. The molecule has 1 aromatic rings. The molecule has 1 aliphatic carbocycles. The van der Waals surface area contributed by atoms with E-state index in [1.54, 1.807) is 0 Å². The van der Waals surface area contributed by atoms with Gasteiger partial charge in [0.05, 0.1) is 18.8 Å². The molecule has 2 aliphatic rings. The van der Waals surface area contributed by atoms with Crippen molar-refractivity contribution in [3.05, 3.63) is 11.7 Å². The van der Waals surface area contributed by atoms with E-state index in [1.165, 1.54) is 0 Å². The van der Waals surface area contributed by atoms with Gasteiger partial charge in [-0.2, -0.15) is 4.98 Å². The second-order valence-corrected chi connectivity index (χ2v) is 5.62. The van der Waals surface area contributed by atoms with Gasteiger partial charge in [0.15, 0.2) is 5.82 Å². The molecule has 1 atom stereocenters. The van der Waals surface area contributed by atoms with E-state index in [9.17, 15) is 0 Å². The van der Waals surface area contributed by atoms with Gasteiger partial charge >= 0.3 is 0 Å². The standard InChI is InChI=1S/C13H21N3O3.ClH/c14-13(4-1-2-5-13)12-15-11(19-16-12)9-18-8-10-3-6-17-7-10;/h10H,1-9,14H2;1H. The minimum atomic E-state index is -0.388. The molecule has 2 fully saturated rings. The molecule has 20 heavy (non-hydrogen) atoms. The van der Waals surface area contributed by atoms with Crippen LogP contribution in [-0.4, -0.2) is 30.0 Å². The lowest BCUT2D eigenvalue weighted by Crippen LogP contribution is -2.34. The van der Waals surface area contributed by atoms with Gasteiger partial charge in [0.1, 0.15) is 6.61 Å². The van der Waals surface area contributed by atoms with Crippen molar-refractivity contribution in [1.29, 1.82) is 0 Å². The van der Waals surface area contributed by atoms with Crippen LogP contribution >= 0.6 is 12.4 Å². The quantitative estimate of drug-likeness (QED) is 0.892. The summed E-state index contributed by atoms with van der Waals surface area (Å²) in [5, 5.41) is 4.00. The van der Waals surface area contributed by atoms with Crippen LogP contribution in [-0.2, 0) is 21.6 Å². The number of ether oxygens (including phenoxy) is 2. The molecule has 6 nitrogen and oxygen atoms in total. The zero-order valence-electron chi connectivity index (χ0n) is 11.5. The highest BCUT2D eigenvalue weighted by molar-refractivity contribution is 5.85. The largest absolute Gasteiger partial charge is 0.381 e. The fourth-order valence-electron chi connectivity index (χ4n) is 2.77. The summed E-state index contributed by atoms with van der Waals surface area (Å²) in [5.74, 6) is 1.65. The number of rotatable bonds is 5. The second-order valence-electron chi connectivity index (χ2n) is 5.62. The molecule has 0 spiro atoms. The number of nitrogens with zero attached hydrogens (tertiary/aromatic N) is 2.